The van der Waals surface area contributed by atoms with Crippen LogP contribution in [0.2, 0.25) is 5.02 Å². The molecule has 0 spiro atoms. The van der Waals surface area contributed by atoms with Crippen molar-refractivity contribution in [3.05, 3.63) is 64.7 Å². The lowest BCUT2D eigenvalue weighted by Gasteiger charge is -2.18. The van der Waals surface area contributed by atoms with Crippen molar-refractivity contribution < 1.29 is 9.53 Å². The third-order valence-corrected chi connectivity index (χ3v) is 4.26. The third-order valence-electron chi connectivity index (χ3n) is 4.03. The van der Waals surface area contributed by atoms with E-state index in [0.29, 0.717) is 11.4 Å². The highest BCUT2D eigenvalue weighted by atomic mass is 35.5. The molecule has 2 aromatic carbocycles. The fourth-order valence-corrected chi connectivity index (χ4v) is 2.83. The van der Waals surface area contributed by atoms with E-state index in [9.17, 15) is 4.79 Å². The molecular weight excluding hydrogens is 298 g/mol. The second-order valence-electron chi connectivity index (χ2n) is 5.67. The fraction of sp³-hybridized carbons (Fsp3) is 0.278. The molecule has 22 heavy (non-hydrogen) atoms. The van der Waals surface area contributed by atoms with E-state index < -0.39 is 0 Å². The van der Waals surface area contributed by atoms with Crippen LogP contribution in [0.5, 0.6) is 5.75 Å². The molecule has 1 saturated carbocycles. The van der Waals surface area contributed by atoms with Gasteiger partial charge in [-0.25, -0.2) is 0 Å². The molecule has 1 aliphatic rings. The van der Waals surface area contributed by atoms with Crippen molar-refractivity contribution in [2.45, 2.75) is 24.8 Å². The number of halogens is 1. The van der Waals surface area contributed by atoms with Crippen molar-refractivity contribution in [2.24, 2.45) is 0 Å². The maximum atomic E-state index is 12.3. The van der Waals surface area contributed by atoms with Crippen LogP contribution in [-0.2, 0) is 16.8 Å². The van der Waals surface area contributed by atoms with Crippen molar-refractivity contribution >= 4 is 17.5 Å². The van der Waals surface area contributed by atoms with Crippen molar-refractivity contribution in [1.82, 2.24) is 5.32 Å². The van der Waals surface area contributed by atoms with E-state index in [1.165, 1.54) is 0 Å². The van der Waals surface area contributed by atoms with Crippen LogP contribution in [0, 0.1) is 0 Å². The van der Waals surface area contributed by atoms with E-state index in [2.05, 4.69) is 5.32 Å². The van der Waals surface area contributed by atoms with Gasteiger partial charge in [-0.1, -0.05) is 35.9 Å². The molecule has 0 bridgehead atoms. The minimum Gasteiger partial charge on any atom is -0.497 e. The second kappa shape index (κ2) is 6.01. The quantitative estimate of drug-likeness (QED) is 0.913. The van der Waals surface area contributed by atoms with Crippen molar-refractivity contribution in [3.63, 3.8) is 0 Å². The minimum absolute atomic E-state index is 0.0302. The second-order valence-corrected chi connectivity index (χ2v) is 6.10. The number of hydrogen-bond acceptors (Lipinski definition) is 2. The lowest BCUT2D eigenvalue weighted by molar-refractivity contribution is -0.121. The number of nitrogens with one attached hydrogen (secondary N) is 1. The van der Waals surface area contributed by atoms with Crippen LogP contribution in [0.4, 0.5) is 0 Å². The number of hydrogen-bond donors (Lipinski definition) is 1. The standard InChI is InChI=1S/C18H18ClNO2/c1-22-16-7-5-13(6-8-16)11-17(21)20-18(9-10-18)14-3-2-4-15(19)12-14/h2-8,12H,9-11H2,1H3,(H,20,21). The molecule has 0 radical (unpaired) electrons. The summed E-state index contributed by atoms with van der Waals surface area (Å²) in [5.74, 6) is 0.824. The average Bonchev–Trinajstić information content (AvgIpc) is 3.29. The van der Waals surface area contributed by atoms with Crippen molar-refractivity contribution in [3.8, 4) is 5.75 Å². The minimum atomic E-state index is -0.228. The predicted molar refractivity (Wildman–Crippen MR) is 87.2 cm³/mol. The molecule has 1 amide bonds. The van der Waals surface area contributed by atoms with Gasteiger partial charge in [0.25, 0.3) is 0 Å². The molecule has 0 aliphatic heterocycles. The zero-order chi connectivity index (χ0) is 15.6. The van der Waals surface area contributed by atoms with E-state index in [1.807, 2.05) is 48.5 Å². The van der Waals surface area contributed by atoms with Crippen LogP contribution < -0.4 is 10.1 Å². The third kappa shape index (κ3) is 3.25. The summed E-state index contributed by atoms with van der Waals surface area (Å²) in [4.78, 5) is 12.3. The van der Waals surface area contributed by atoms with E-state index in [0.717, 1.165) is 29.7 Å². The Labute approximate surface area is 135 Å². The number of ether oxygens (including phenoxy) is 1. The van der Waals surface area contributed by atoms with Crippen molar-refractivity contribution in [1.29, 1.82) is 0 Å². The molecule has 1 fully saturated rings. The van der Waals surface area contributed by atoms with Crippen LogP contribution in [-0.4, -0.2) is 13.0 Å². The fourth-order valence-electron chi connectivity index (χ4n) is 2.64. The zero-order valence-electron chi connectivity index (χ0n) is 12.4. The monoisotopic (exact) mass is 315 g/mol. The molecule has 4 heteroatoms. The highest BCUT2D eigenvalue weighted by Gasteiger charge is 2.45. The first-order valence-corrected chi connectivity index (χ1v) is 7.69. The molecular formula is C18H18ClNO2. The van der Waals surface area contributed by atoms with E-state index >= 15 is 0 Å². The van der Waals surface area contributed by atoms with Crippen LogP contribution >= 0.6 is 11.6 Å². The highest BCUT2D eigenvalue weighted by Crippen LogP contribution is 2.46. The molecule has 3 nitrogen and oxygen atoms in total. The lowest BCUT2D eigenvalue weighted by Crippen LogP contribution is -2.35. The number of carbonyl (C=O) groups is 1. The molecule has 0 heterocycles. The largest absolute Gasteiger partial charge is 0.497 e. The summed E-state index contributed by atoms with van der Waals surface area (Å²) in [7, 11) is 1.63. The van der Waals surface area contributed by atoms with E-state index in [-0.39, 0.29) is 11.4 Å². The van der Waals surface area contributed by atoms with Crippen LogP contribution in [0.15, 0.2) is 48.5 Å². The number of rotatable bonds is 5. The Balaban J connectivity index is 1.66. The topological polar surface area (TPSA) is 38.3 Å². The normalized spacial score (nSPS) is 15.2. The first kappa shape index (κ1) is 14.9. The van der Waals surface area contributed by atoms with Gasteiger partial charge in [0.15, 0.2) is 0 Å². The van der Waals surface area contributed by atoms with Gasteiger partial charge in [0, 0.05) is 5.02 Å². The van der Waals surface area contributed by atoms with Crippen LogP contribution in [0.25, 0.3) is 0 Å². The predicted octanol–water partition coefficient (Wildman–Crippen LogP) is 3.70. The Morgan fingerprint density at radius 1 is 1.23 bits per heavy atom. The summed E-state index contributed by atoms with van der Waals surface area (Å²) in [5.41, 5.74) is 1.83. The first-order valence-electron chi connectivity index (χ1n) is 7.31. The SMILES string of the molecule is COc1ccc(CC(=O)NC2(c3cccc(Cl)c3)CC2)cc1. The van der Waals surface area contributed by atoms with Gasteiger partial charge in [0.05, 0.1) is 19.1 Å². The Kier molecular flexibility index (Phi) is 4.08. The summed E-state index contributed by atoms with van der Waals surface area (Å²) in [5, 5.41) is 3.86. The average molecular weight is 316 g/mol. The summed E-state index contributed by atoms with van der Waals surface area (Å²) in [6, 6.07) is 15.3. The molecule has 0 atom stereocenters. The number of methoxy groups -OCH3 is 1. The van der Waals surface area contributed by atoms with Gasteiger partial charge in [-0.3, -0.25) is 4.79 Å². The summed E-state index contributed by atoms with van der Waals surface area (Å²) in [6.45, 7) is 0. The number of benzene rings is 2. The molecule has 1 N–H and O–H groups in total. The Morgan fingerprint density at radius 2 is 1.95 bits per heavy atom. The van der Waals surface area contributed by atoms with E-state index in [1.54, 1.807) is 7.11 Å². The molecule has 0 aromatic heterocycles. The van der Waals surface area contributed by atoms with Crippen molar-refractivity contribution in [2.75, 3.05) is 7.11 Å². The summed E-state index contributed by atoms with van der Waals surface area (Å²) in [6.07, 6.45) is 2.29. The molecule has 114 valence electrons. The number of carbonyl (C=O) groups excluding carboxylic acids is 1. The maximum absolute atomic E-state index is 12.3. The van der Waals surface area contributed by atoms with Crippen LogP contribution in [0.3, 0.4) is 0 Å². The Morgan fingerprint density at radius 3 is 2.55 bits per heavy atom. The van der Waals surface area contributed by atoms with Crippen LogP contribution in [0.1, 0.15) is 24.0 Å². The van der Waals surface area contributed by atoms with Gasteiger partial charge >= 0.3 is 0 Å². The summed E-state index contributed by atoms with van der Waals surface area (Å²) < 4.78 is 5.12. The van der Waals surface area contributed by atoms with E-state index in [4.69, 9.17) is 16.3 Å². The van der Waals surface area contributed by atoms with Gasteiger partial charge in [0.2, 0.25) is 5.91 Å². The van der Waals surface area contributed by atoms with Gasteiger partial charge < -0.3 is 10.1 Å². The van der Waals surface area contributed by atoms with Gasteiger partial charge in [-0.15, -0.1) is 0 Å². The maximum Gasteiger partial charge on any atom is 0.225 e. The summed E-state index contributed by atoms with van der Waals surface area (Å²) >= 11 is 6.05. The smallest absolute Gasteiger partial charge is 0.225 e. The highest BCUT2D eigenvalue weighted by molar-refractivity contribution is 6.30. The zero-order valence-corrected chi connectivity index (χ0v) is 13.2. The Hall–Kier alpha value is -2.00. The van der Waals surface area contributed by atoms with Gasteiger partial charge in [0.1, 0.15) is 5.75 Å². The molecule has 2 aromatic rings. The molecule has 3 rings (SSSR count). The molecule has 1 aliphatic carbocycles. The number of amides is 1. The molecule has 0 saturated heterocycles. The van der Waals surface area contributed by atoms with Gasteiger partial charge in [-0.2, -0.15) is 0 Å². The molecule has 0 unspecified atom stereocenters. The Bertz CT molecular complexity index is 678. The van der Waals surface area contributed by atoms with Gasteiger partial charge in [-0.05, 0) is 48.2 Å². The first-order chi connectivity index (χ1) is 10.6. The lowest BCUT2D eigenvalue weighted by atomic mass is 10.0.